The van der Waals surface area contributed by atoms with Crippen molar-refractivity contribution in [3.8, 4) is 0 Å². The molecule has 0 spiro atoms. The number of rotatable bonds is 3. The summed E-state index contributed by atoms with van der Waals surface area (Å²) in [5.41, 5.74) is 2.14. The average Bonchev–Trinajstić information content (AvgIpc) is 1.98. The summed E-state index contributed by atoms with van der Waals surface area (Å²) in [5, 5.41) is 2.98. The van der Waals surface area contributed by atoms with Gasteiger partial charge in [0.05, 0.1) is 0 Å². The van der Waals surface area contributed by atoms with Gasteiger partial charge in [-0.1, -0.05) is 24.8 Å². The summed E-state index contributed by atoms with van der Waals surface area (Å²) in [6, 6.07) is 0. The zero-order valence-corrected chi connectivity index (χ0v) is 6.94. The lowest BCUT2D eigenvalue weighted by molar-refractivity contribution is 1.01. The predicted molar refractivity (Wildman–Crippen MR) is 46.8 cm³/mol. The van der Waals surface area contributed by atoms with Gasteiger partial charge < -0.3 is 5.32 Å². The number of nitrogens with one attached hydrogen (secondary N) is 1. The van der Waals surface area contributed by atoms with E-state index in [4.69, 9.17) is 0 Å². The molecule has 0 amide bonds. The molecule has 0 aliphatic rings. The van der Waals surface area contributed by atoms with E-state index in [1.54, 1.807) is 0 Å². The van der Waals surface area contributed by atoms with Crippen molar-refractivity contribution in [2.45, 2.75) is 13.8 Å². The second kappa shape index (κ2) is 4.86. The van der Waals surface area contributed by atoms with Crippen LogP contribution in [0.5, 0.6) is 0 Å². The molecule has 0 aromatic heterocycles. The molecule has 0 aliphatic carbocycles. The quantitative estimate of drug-likeness (QED) is 0.588. The van der Waals surface area contributed by atoms with Crippen LogP contribution in [0.25, 0.3) is 0 Å². The van der Waals surface area contributed by atoms with E-state index in [-0.39, 0.29) is 0 Å². The van der Waals surface area contributed by atoms with Crippen molar-refractivity contribution < 1.29 is 0 Å². The van der Waals surface area contributed by atoms with E-state index < -0.39 is 0 Å². The van der Waals surface area contributed by atoms with Gasteiger partial charge in [-0.05, 0) is 19.4 Å². The fourth-order valence-electron chi connectivity index (χ4n) is 0.538. The molecule has 0 saturated carbocycles. The molecule has 0 atom stereocenters. The summed E-state index contributed by atoms with van der Waals surface area (Å²) in [6.07, 6.45) is 6.02. The van der Waals surface area contributed by atoms with E-state index in [0.717, 1.165) is 5.70 Å². The lowest BCUT2D eigenvalue weighted by Crippen LogP contribution is -2.04. The minimum absolute atomic E-state index is 0.970. The number of hydrogen-bond acceptors (Lipinski definition) is 1. The second-order valence-corrected chi connectivity index (χ2v) is 2.10. The van der Waals surface area contributed by atoms with Crippen molar-refractivity contribution in [2.24, 2.45) is 0 Å². The Morgan fingerprint density at radius 3 is 2.50 bits per heavy atom. The standard InChI is InChI=1S/C9H15N/c1-5-6-7-8(2)9(3)10-4/h5-7,10H,3H2,1-2,4H3/b6-5-,8-7+. The summed E-state index contributed by atoms with van der Waals surface area (Å²) >= 11 is 0. The van der Waals surface area contributed by atoms with Crippen LogP contribution in [0.3, 0.4) is 0 Å². The van der Waals surface area contributed by atoms with E-state index in [1.807, 2.05) is 39.1 Å². The highest BCUT2D eigenvalue weighted by atomic mass is 14.8. The maximum atomic E-state index is 3.81. The molecule has 0 aromatic rings. The highest BCUT2D eigenvalue weighted by Gasteiger charge is 1.88. The van der Waals surface area contributed by atoms with Crippen molar-refractivity contribution >= 4 is 0 Å². The topological polar surface area (TPSA) is 12.0 Å². The van der Waals surface area contributed by atoms with Crippen LogP contribution in [0.1, 0.15) is 13.8 Å². The van der Waals surface area contributed by atoms with E-state index in [2.05, 4.69) is 11.9 Å². The van der Waals surface area contributed by atoms with Crippen LogP contribution in [0, 0.1) is 0 Å². The molecular weight excluding hydrogens is 122 g/mol. The van der Waals surface area contributed by atoms with Crippen LogP contribution in [0.4, 0.5) is 0 Å². The summed E-state index contributed by atoms with van der Waals surface area (Å²) in [7, 11) is 1.87. The normalized spacial score (nSPS) is 12.1. The molecule has 1 heteroatoms. The van der Waals surface area contributed by atoms with Crippen LogP contribution in [0.2, 0.25) is 0 Å². The Bertz CT molecular complexity index is 164. The molecule has 0 radical (unpaired) electrons. The fourth-order valence-corrected chi connectivity index (χ4v) is 0.538. The molecule has 0 rings (SSSR count). The minimum Gasteiger partial charge on any atom is -0.388 e. The first-order chi connectivity index (χ1) is 4.72. The summed E-state index contributed by atoms with van der Waals surface area (Å²) in [5.74, 6) is 0. The van der Waals surface area contributed by atoms with Gasteiger partial charge in [0.15, 0.2) is 0 Å². The lowest BCUT2D eigenvalue weighted by Gasteiger charge is -2.01. The van der Waals surface area contributed by atoms with Gasteiger partial charge in [0, 0.05) is 12.7 Å². The van der Waals surface area contributed by atoms with Gasteiger partial charge >= 0.3 is 0 Å². The third kappa shape index (κ3) is 3.13. The van der Waals surface area contributed by atoms with Gasteiger partial charge in [-0.2, -0.15) is 0 Å². The van der Waals surface area contributed by atoms with E-state index in [9.17, 15) is 0 Å². The van der Waals surface area contributed by atoms with Crippen LogP contribution >= 0.6 is 0 Å². The van der Waals surface area contributed by atoms with Crippen molar-refractivity contribution in [1.82, 2.24) is 5.32 Å². The highest BCUT2D eigenvalue weighted by Crippen LogP contribution is 2.01. The first-order valence-electron chi connectivity index (χ1n) is 3.39. The Kier molecular flexibility index (Phi) is 4.38. The molecule has 0 heterocycles. The van der Waals surface area contributed by atoms with Crippen LogP contribution in [-0.4, -0.2) is 7.05 Å². The van der Waals surface area contributed by atoms with E-state index in [0.29, 0.717) is 0 Å². The Morgan fingerprint density at radius 2 is 2.10 bits per heavy atom. The summed E-state index contributed by atoms with van der Waals surface area (Å²) < 4.78 is 0. The first-order valence-corrected chi connectivity index (χ1v) is 3.39. The molecule has 0 unspecified atom stereocenters. The largest absolute Gasteiger partial charge is 0.388 e. The molecule has 1 nitrogen and oxygen atoms in total. The Hall–Kier alpha value is -0.980. The Morgan fingerprint density at radius 1 is 1.50 bits per heavy atom. The first kappa shape index (κ1) is 9.02. The van der Waals surface area contributed by atoms with Crippen molar-refractivity contribution in [1.29, 1.82) is 0 Å². The van der Waals surface area contributed by atoms with Gasteiger partial charge in [-0.25, -0.2) is 0 Å². The predicted octanol–water partition coefficient (Wildman–Crippen LogP) is 2.24. The average molecular weight is 137 g/mol. The molecular formula is C9H15N. The Labute approximate surface area is 63.1 Å². The van der Waals surface area contributed by atoms with Crippen LogP contribution in [-0.2, 0) is 0 Å². The molecule has 0 saturated heterocycles. The van der Waals surface area contributed by atoms with Crippen molar-refractivity contribution in [3.63, 3.8) is 0 Å². The number of allylic oxidation sites excluding steroid dienone is 4. The third-order valence-corrected chi connectivity index (χ3v) is 1.32. The smallest absolute Gasteiger partial charge is 0.0294 e. The van der Waals surface area contributed by atoms with Gasteiger partial charge in [0.25, 0.3) is 0 Å². The van der Waals surface area contributed by atoms with Gasteiger partial charge in [0.1, 0.15) is 0 Å². The SMILES string of the molecule is C=C(NC)/C(C)=C/C=C\C. The van der Waals surface area contributed by atoms with Gasteiger partial charge in [-0.15, -0.1) is 0 Å². The lowest BCUT2D eigenvalue weighted by atomic mass is 10.2. The fraction of sp³-hybridized carbons (Fsp3) is 0.333. The molecule has 0 bridgehead atoms. The van der Waals surface area contributed by atoms with Gasteiger partial charge in [-0.3, -0.25) is 0 Å². The van der Waals surface area contributed by atoms with E-state index >= 15 is 0 Å². The minimum atomic E-state index is 0.970. The monoisotopic (exact) mass is 137 g/mol. The molecule has 0 fully saturated rings. The highest BCUT2D eigenvalue weighted by molar-refractivity contribution is 5.27. The number of hydrogen-bond donors (Lipinski definition) is 1. The van der Waals surface area contributed by atoms with E-state index in [1.165, 1.54) is 5.57 Å². The summed E-state index contributed by atoms with van der Waals surface area (Å²) in [6.45, 7) is 7.83. The van der Waals surface area contributed by atoms with Crippen LogP contribution in [0.15, 0.2) is 36.1 Å². The zero-order valence-electron chi connectivity index (χ0n) is 6.94. The molecule has 0 aliphatic heterocycles. The molecule has 0 aromatic carbocycles. The Balaban J connectivity index is 4.05. The molecule has 1 N–H and O–H groups in total. The van der Waals surface area contributed by atoms with Gasteiger partial charge in [0.2, 0.25) is 0 Å². The molecule has 56 valence electrons. The summed E-state index contributed by atoms with van der Waals surface area (Å²) in [4.78, 5) is 0. The van der Waals surface area contributed by atoms with Crippen molar-refractivity contribution in [2.75, 3.05) is 7.05 Å². The van der Waals surface area contributed by atoms with Crippen LogP contribution < -0.4 is 5.32 Å². The zero-order chi connectivity index (χ0) is 7.98. The molecule has 10 heavy (non-hydrogen) atoms. The maximum Gasteiger partial charge on any atom is 0.0294 e. The van der Waals surface area contributed by atoms with Crippen molar-refractivity contribution in [3.05, 3.63) is 36.1 Å². The number of likely N-dealkylation sites (N-methyl/N-ethyl adjacent to an activating group) is 1. The third-order valence-electron chi connectivity index (χ3n) is 1.32. The maximum absolute atomic E-state index is 3.81. The second-order valence-electron chi connectivity index (χ2n) is 2.10.